The summed E-state index contributed by atoms with van der Waals surface area (Å²) in [7, 11) is 0. The summed E-state index contributed by atoms with van der Waals surface area (Å²) in [4.78, 5) is 19.0. The van der Waals surface area contributed by atoms with Crippen molar-refractivity contribution in [3.05, 3.63) is 40.0 Å². The number of amides is 1. The van der Waals surface area contributed by atoms with E-state index >= 15 is 0 Å². The van der Waals surface area contributed by atoms with Crippen molar-refractivity contribution >= 4 is 17.0 Å². The Morgan fingerprint density at radius 1 is 1.34 bits per heavy atom. The summed E-state index contributed by atoms with van der Waals surface area (Å²) in [5.74, 6) is -0.114. The Morgan fingerprint density at radius 3 is 2.69 bits per heavy atom. The van der Waals surface area contributed by atoms with Crippen LogP contribution in [0.15, 0.2) is 10.6 Å². The van der Waals surface area contributed by atoms with Crippen molar-refractivity contribution in [3.63, 3.8) is 0 Å². The number of fused-ring (bicyclic) bond motifs is 1. The number of hydrogen-bond acceptors (Lipinski definition) is 5. The number of piperidine rings is 1. The molecule has 0 saturated carbocycles. The first-order valence-corrected chi connectivity index (χ1v) is 9.78. The fraction of sp³-hybridized carbons (Fsp3) is 0.500. The van der Waals surface area contributed by atoms with Crippen LogP contribution in [-0.4, -0.2) is 44.2 Å². The summed E-state index contributed by atoms with van der Waals surface area (Å²) in [5.41, 5.74) is 3.33. The Balaban J connectivity index is 1.52. The number of aromatic nitrogens is 4. The van der Waals surface area contributed by atoms with Crippen LogP contribution in [0, 0.1) is 13.8 Å². The van der Waals surface area contributed by atoms with E-state index in [1.54, 1.807) is 11.8 Å². The van der Waals surface area contributed by atoms with E-state index in [4.69, 9.17) is 4.52 Å². The highest BCUT2D eigenvalue weighted by atomic mass is 19.3. The number of nitrogens with zero attached hydrogens (tertiary/aromatic N) is 4. The van der Waals surface area contributed by atoms with Gasteiger partial charge in [-0.3, -0.25) is 9.89 Å². The molecule has 0 radical (unpaired) electrons. The van der Waals surface area contributed by atoms with Gasteiger partial charge in [-0.15, -0.1) is 0 Å². The molecule has 0 aliphatic carbocycles. The number of nitrogens with one attached hydrogen (secondary N) is 1. The molecule has 4 rings (SSSR count). The lowest BCUT2D eigenvalue weighted by Crippen LogP contribution is -2.38. The van der Waals surface area contributed by atoms with Crippen molar-refractivity contribution in [1.82, 2.24) is 25.2 Å². The summed E-state index contributed by atoms with van der Waals surface area (Å²) in [6, 6.07) is 1.46. The Labute approximate surface area is 166 Å². The van der Waals surface area contributed by atoms with Crippen LogP contribution in [0.1, 0.15) is 70.8 Å². The number of aromatic amines is 1. The first kappa shape index (κ1) is 19.5. The number of carbonyl (C=O) groups is 1. The molecule has 1 aliphatic rings. The van der Waals surface area contributed by atoms with Gasteiger partial charge in [0.15, 0.2) is 5.69 Å². The van der Waals surface area contributed by atoms with Gasteiger partial charge in [-0.05, 0) is 39.2 Å². The van der Waals surface area contributed by atoms with Gasteiger partial charge in [0.25, 0.3) is 18.0 Å². The molecule has 1 amide bonds. The average Bonchev–Trinajstić information content (AvgIpc) is 3.29. The van der Waals surface area contributed by atoms with Crippen molar-refractivity contribution in [3.8, 4) is 0 Å². The van der Waals surface area contributed by atoms with Crippen LogP contribution in [0.2, 0.25) is 0 Å². The van der Waals surface area contributed by atoms with Crippen LogP contribution in [0.25, 0.3) is 11.1 Å². The van der Waals surface area contributed by atoms with Gasteiger partial charge in [-0.25, -0.2) is 13.8 Å². The summed E-state index contributed by atoms with van der Waals surface area (Å²) in [6.45, 7) is 6.58. The minimum Gasteiger partial charge on any atom is -0.337 e. The van der Waals surface area contributed by atoms with Gasteiger partial charge in [0.05, 0.1) is 11.1 Å². The van der Waals surface area contributed by atoms with Gasteiger partial charge in [0.1, 0.15) is 0 Å². The van der Waals surface area contributed by atoms with Crippen LogP contribution in [0.5, 0.6) is 0 Å². The number of aryl methyl sites for hydroxylation is 2. The molecule has 1 aliphatic heterocycles. The fourth-order valence-corrected chi connectivity index (χ4v) is 4.04. The quantitative estimate of drug-likeness (QED) is 0.709. The van der Waals surface area contributed by atoms with Crippen LogP contribution < -0.4 is 0 Å². The van der Waals surface area contributed by atoms with Crippen molar-refractivity contribution < 1.29 is 18.1 Å². The summed E-state index contributed by atoms with van der Waals surface area (Å²) < 4.78 is 32.3. The monoisotopic (exact) mass is 403 g/mol. The average molecular weight is 403 g/mol. The van der Waals surface area contributed by atoms with Crippen LogP contribution in [-0.2, 0) is 6.42 Å². The maximum Gasteiger partial charge on any atom is 0.274 e. The summed E-state index contributed by atoms with van der Waals surface area (Å²) >= 11 is 0. The molecule has 0 bridgehead atoms. The normalized spacial score (nSPS) is 15.6. The molecule has 0 atom stereocenters. The first-order chi connectivity index (χ1) is 13.9. The maximum absolute atomic E-state index is 13.6. The van der Waals surface area contributed by atoms with Gasteiger partial charge < -0.3 is 9.42 Å². The molecule has 3 aromatic rings. The molecular formula is C20H23F2N5O2. The molecular weight excluding hydrogens is 380 g/mol. The van der Waals surface area contributed by atoms with Crippen molar-refractivity contribution in [1.29, 1.82) is 0 Å². The number of hydrogen-bond donors (Lipinski definition) is 1. The predicted octanol–water partition coefficient (Wildman–Crippen LogP) is 4.08. The third-order valence-electron chi connectivity index (χ3n) is 5.77. The van der Waals surface area contributed by atoms with Gasteiger partial charge >= 0.3 is 0 Å². The standard InChI is InChI=1S/C20H23F2N5O2/c1-4-14-10(2)17(25-24-14)20(28)27-7-5-12(6-8-27)15-9-13(18(21)22)16-11(3)26-29-19(16)23-15/h9,12,18H,4-8H2,1-3H3,(H,24,25). The number of halogens is 2. The molecule has 154 valence electrons. The number of H-pyrrole nitrogens is 1. The molecule has 1 N–H and O–H groups in total. The number of alkyl halides is 2. The molecule has 0 unspecified atom stereocenters. The maximum atomic E-state index is 13.6. The fourth-order valence-electron chi connectivity index (χ4n) is 4.04. The van der Waals surface area contributed by atoms with E-state index in [1.165, 1.54) is 6.07 Å². The van der Waals surface area contributed by atoms with Crippen molar-refractivity contribution in [2.75, 3.05) is 13.1 Å². The molecule has 1 saturated heterocycles. The van der Waals surface area contributed by atoms with Crippen LogP contribution >= 0.6 is 0 Å². The lowest BCUT2D eigenvalue weighted by Gasteiger charge is -2.31. The Hall–Kier alpha value is -2.84. The molecule has 0 aromatic carbocycles. The van der Waals surface area contributed by atoms with Crippen molar-refractivity contribution in [2.24, 2.45) is 0 Å². The largest absolute Gasteiger partial charge is 0.337 e. The number of pyridine rings is 1. The second-order valence-corrected chi connectivity index (χ2v) is 7.48. The number of carbonyl (C=O) groups excluding carboxylic acids is 1. The summed E-state index contributed by atoms with van der Waals surface area (Å²) in [6.07, 6.45) is -0.557. The zero-order valence-electron chi connectivity index (χ0n) is 16.6. The molecule has 1 fully saturated rings. The predicted molar refractivity (Wildman–Crippen MR) is 102 cm³/mol. The van der Waals surface area contributed by atoms with Crippen LogP contribution in [0.4, 0.5) is 8.78 Å². The van der Waals surface area contributed by atoms with Crippen molar-refractivity contribution in [2.45, 2.75) is 52.4 Å². The molecule has 29 heavy (non-hydrogen) atoms. The van der Waals surface area contributed by atoms with E-state index in [2.05, 4.69) is 20.3 Å². The molecule has 7 nitrogen and oxygen atoms in total. The van der Waals surface area contributed by atoms with Gasteiger partial charge in [-0.2, -0.15) is 5.10 Å². The van der Waals surface area contributed by atoms with Crippen LogP contribution in [0.3, 0.4) is 0 Å². The first-order valence-electron chi connectivity index (χ1n) is 9.78. The Kier molecular flexibility index (Phi) is 5.06. The van der Waals surface area contributed by atoms with E-state index in [9.17, 15) is 13.6 Å². The highest BCUT2D eigenvalue weighted by molar-refractivity contribution is 5.94. The second-order valence-electron chi connectivity index (χ2n) is 7.48. The lowest BCUT2D eigenvalue weighted by atomic mass is 9.91. The highest BCUT2D eigenvalue weighted by Crippen LogP contribution is 2.35. The number of likely N-dealkylation sites (tertiary alicyclic amines) is 1. The number of rotatable bonds is 4. The Bertz CT molecular complexity index is 1050. The molecule has 0 spiro atoms. The SMILES string of the molecule is CCc1[nH]nc(C(=O)N2CCC(c3cc(C(F)F)c4c(C)noc4n3)CC2)c1C. The third kappa shape index (κ3) is 3.38. The van der Waals surface area contributed by atoms with Gasteiger partial charge in [0.2, 0.25) is 0 Å². The van der Waals surface area contributed by atoms with E-state index < -0.39 is 6.43 Å². The van der Waals surface area contributed by atoms with Gasteiger partial charge in [0, 0.05) is 41.5 Å². The topological polar surface area (TPSA) is 87.9 Å². The van der Waals surface area contributed by atoms with E-state index in [-0.39, 0.29) is 28.5 Å². The zero-order valence-corrected chi connectivity index (χ0v) is 16.6. The highest BCUT2D eigenvalue weighted by Gasteiger charge is 2.29. The molecule has 3 aromatic heterocycles. The molecule has 9 heteroatoms. The molecule has 4 heterocycles. The smallest absolute Gasteiger partial charge is 0.274 e. The third-order valence-corrected chi connectivity index (χ3v) is 5.77. The second kappa shape index (κ2) is 7.53. The van der Waals surface area contributed by atoms with Gasteiger partial charge in [-0.1, -0.05) is 12.1 Å². The van der Waals surface area contributed by atoms with E-state index in [0.717, 1.165) is 17.7 Å². The minimum absolute atomic E-state index is 0.0159. The van der Waals surface area contributed by atoms with E-state index in [1.807, 2.05) is 13.8 Å². The Morgan fingerprint density at radius 2 is 2.07 bits per heavy atom. The zero-order chi connectivity index (χ0) is 20.7. The lowest BCUT2D eigenvalue weighted by molar-refractivity contribution is 0.0705. The summed E-state index contributed by atoms with van der Waals surface area (Å²) in [5, 5.41) is 11.2. The minimum atomic E-state index is -2.63. The van der Waals surface area contributed by atoms with E-state index in [0.29, 0.717) is 43.0 Å².